The van der Waals surface area contributed by atoms with Crippen LogP contribution in [-0.4, -0.2) is 18.3 Å². The van der Waals surface area contributed by atoms with Crippen LogP contribution in [0, 0.1) is 5.92 Å². The van der Waals surface area contributed by atoms with Crippen LogP contribution in [0.25, 0.3) is 0 Å². The minimum absolute atomic E-state index is 0.169. The van der Waals surface area contributed by atoms with Crippen molar-refractivity contribution in [1.82, 2.24) is 0 Å². The van der Waals surface area contributed by atoms with E-state index in [4.69, 9.17) is 9.47 Å². The van der Waals surface area contributed by atoms with Crippen LogP contribution in [0.4, 0.5) is 0 Å². The van der Waals surface area contributed by atoms with E-state index in [1.165, 1.54) is 25.7 Å². The van der Waals surface area contributed by atoms with Crippen LogP contribution < -0.4 is 9.47 Å². The number of aliphatic hydroxyl groups is 1. The lowest BCUT2D eigenvalue weighted by Gasteiger charge is -2.33. The molecule has 18 heavy (non-hydrogen) atoms. The molecule has 2 unspecified atom stereocenters. The van der Waals surface area contributed by atoms with E-state index in [9.17, 15) is 5.11 Å². The van der Waals surface area contributed by atoms with E-state index in [-0.39, 0.29) is 6.10 Å². The Morgan fingerprint density at radius 1 is 1.28 bits per heavy atom. The maximum Gasteiger partial charge on any atom is 0.129 e. The third-order valence-electron chi connectivity index (χ3n) is 4.24. The van der Waals surface area contributed by atoms with Gasteiger partial charge < -0.3 is 14.6 Å². The van der Waals surface area contributed by atoms with Crippen molar-refractivity contribution in [2.45, 2.75) is 44.3 Å². The minimum Gasteiger partial charge on any atom is -0.497 e. The zero-order chi connectivity index (χ0) is 12.5. The first-order valence-electron chi connectivity index (χ1n) is 6.80. The fourth-order valence-corrected chi connectivity index (χ4v) is 3.20. The van der Waals surface area contributed by atoms with Crippen LogP contribution in [-0.2, 0) is 0 Å². The SMILES string of the molecule is COc1ccc2c(c1)OC(C1CCCC1)CC2O. The van der Waals surface area contributed by atoms with Crippen LogP contribution in [0.1, 0.15) is 43.8 Å². The van der Waals surface area contributed by atoms with E-state index < -0.39 is 6.10 Å². The van der Waals surface area contributed by atoms with Crippen molar-refractivity contribution in [3.05, 3.63) is 23.8 Å². The van der Waals surface area contributed by atoms with E-state index in [0.717, 1.165) is 23.5 Å². The molecule has 2 aliphatic rings. The molecule has 1 aliphatic carbocycles. The normalized spacial score (nSPS) is 27.7. The molecular weight excluding hydrogens is 228 g/mol. The molecule has 1 aromatic rings. The molecule has 1 aliphatic heterocycles. The molecule has 1 saturated carbocycles. The molecule has 0 radical (unpaired) electrons. The lowest BCUT2D eigenvalue weighted by Crippen LogP contribution is -2.31. The molecule has 1 fully saturated rings. The first-order valence-corrected chi connectivity index (χ1v) is 6.80. The molecule has 0 aromatic heterocycles. The van der Waals surface area contributed by atoms with Crippen LogP contribution in [0.3, 0.4) is 0 Å². The summed E-state index contributed by atoms with van der Waals surface area (Å²) in [5.74, 6) is 2.19. The fraction of sp³-hybridized carbons (Fsp3) is 0.600. The van der Waals surface area contributed by atoms with Gasteiger partial charge in [-0.3, -0.25) is 0 Å². The Bertz CT molecular complexity index is 424. The van der Waals surface area contributed by atoms with Gasteiger partial charge in [0.05, 0.1) is 13.2 Å². The smallest absolute Gasteiger partial charge is 0.129 e. The molecule has 3 rings (SSSR count). The largest absolute Gasteiger partial charge is 0.497 e. The van der Waals surface area contributed by atoms with Gasteiger partial charge in [-0.25, -0.2) is 0 Å². The molecule has 98 valence electrons. The van der Waals surface area contributed by atoms with Crippen molar-refractivity contribution in [2.24, 2.45) is 5.92 Å². The number of methoxy groups -OCH3 is 1. The van der Waals surface area contributed by atoms with Gasteiger partial charge in [0.2, 0.25) is 0 Å². The highest BCUT2D eigenvalue weighted by molar-refractivity contribution is 5.43. The lowest BCUT2D eigenvalue weighted by atomic mass is 9.90. The van der Waals surface area contributed by atoms with Crippen molar-refractivity contribution in [1.29, 1.82) is 0 Å². The maximum atomic E-state index is 10.2. The summed E-state index contributed by atoms with van der Waals surface area (Å²) in [7, 11) is 1.65. The number of ether oxygens (including phenoxy) is 2. The summed E-state index contributed by atoms with van der Waals surface area (Å²) in [5.41, 5.74) is 0.894. The van der Waals surface area contributed by atoms with Crippen molar-refractivity contribution in [3.63, 3.8) is 0 Å². The predicted octanol–water partition coefficient (Wildman–Crippen LogP) is 3.07. The average Bonchev–Trinajstić information content (AvgIpc) is 2.91. The molecule has 3 nitrogen and oxygen atoms in total. The van der Waals surface area contributed by atoms with Crippen LogP contribution in [0.5, 0.6) is 11.5 Å². The van der Waals surface area contributed by atoms with Crippen molar-refractivity contribution in [2.75, 3.05) is 7.11 Å². The Kier molecular flexibility index (Phi) is 3.16. The second-order valence-corrected chi connectivity index (χ2v) is 5.36. The van der Waals surface area contributed by atoms with Crippen LogP contribution >= 0.6 is 0 Å². The van der Waals surface area contributed by atoms with Gasteiger partial charge in [0.1, 0.15) is 17.6 Å². The third kappa shape index (κ3) is 2.07. The summed E-state index contributed by atoms with van der Waals surface area (Å²) in [6.45, 7) is 0. The molecule has 0 amide bonds. The minimum atomic E-state index is -0.398. The Labute approximate surface area is 108 Å². The second kappa shape index (κ2) is 4.81. The molecular formula is C15H20O3. The molecule has 0 spiro atoms. The summed E-state index contributed by atoms with van der Waals surface area (Å²) in [6.07, 6.45) is 5.56. The Morgan fingerprint density at radius 2 is 2.06 bits per heavy atom. The van der Waals surface area contributed by atoms with E-state index in [1.54, 1.807) is 7.11 Å². The van der Waals surface area contributed by atoms with E-state index >= 15 is 0 Å². The third-order valence-corrected chi connectivity index (χ3v) is 4.24. The number of benzene rings is 1. The molecule has 3 heteroatoms. The first-order chi connectivity index (χ1) is 8.78. The zero-order valence-corrected chi connectivity index (χ0v) is 10.8. The van der Waals surface area contributed by atoms with Gasteiger partial charge in [-0.05, 0) is 30.9 Å². The summed E-state index contributed by atoms with van der Waals surface area (Å²) >= 11 is 0. The van der Waals surface area contributed by atoms with Gasteiger partial charge in [-0.1, -0.05) is 12.8 Å². The highest BCUT2D eigenvalue weighted by atomic mass is 16.5. The molecule has 1 N–H and O–H groups in total. The second-order valence-electron chi connectivity index (χ2n) is 5.36. The quantitative estimate of drug-likeness (QED) is 0.874. The molecule has 0 saturated heterocycles. The van der Waals surface area contributed by atoms with Gasteiger partial charge in [0, 0.05) is 18.1 Å². The van der Waals surface area contributed by atoms with Crippen LogP contribution in [0.2, 0.25) is 0 Å². The van der Waals surface area contributed by atoms with Gasteiger partial charge in [-0.2, -0.15) is 0 Å². The Morgan fingerprint density at radius 3 is 2.78 bits per heavy atom. The molecule has 2 atom stereocenters. The van der Waals surface area contributed by atoms with Gasteiger partial charge >= 0.3 is 0 Å². The van der Waals surface area contributed by atoms with Gasteiger partial charge in [0.15, 0.2) is 0 Å². The molecule has 1 aromatic carbocycles. The highest BCUT2D eigenvalue weighted by Crippen LogP contribution is 2.42. The summed E-state index contributed by atoms with van der Waals surface area (Å²) in [6, 6.07) is 5.67. The molecule has 1 heterocycles. The predicted molar refractivity (Wildman–Crippen MR) is 68.9 cm³/mol. The zero-order valence-electron chi connectivity index (χ0n) is 10.8. The van der Waals surface area contributed by atoms with Gasteiger partial charge in [0.25, 0.3) is 0 Å². The van der Waals surface area contributed by atoms with Crippen molar-refractivity contribution < 1.29 is 14.6 Å². The van der Waals surface area contributed by atoms with E-state index in [0.29, 0.717) is 5.92 Å². The van der Waals surface area contributed by atoms with E-state index in [2.05, 4.69) is 0 Å². The number of hydrogen-bond donors (Lipinski definition) is 1. The lowest BCUT2D eigenvalue weighted by molar-refractivity contribution is 0.0354. The number of aliphatic hydroxyl groups excluding tert-OH is 1. The molecule has 0 bridgehead atoms. The van der Waals surface area contributed by atoms with Gasteiger partial charge in [-0.15, -0.1) is 0 Å². The fourth-order valence-electron chi connectivity index (χ4n) is 3.20. The number of fused-ring (bicyclic) bond motifs is 1. The standard InChI is InChI=1S/C15H20O3/c1-17-11-6-7-12-13(16)9-14(18-15(12)8-11)10-4-2-3-5-10/h6-8,10,13-14,16H,2-5,9H2,1H3. The summed E-state index contributed by atoms with van der Waals surface area (Å²) in [5, 5.41) is 10.2. The Hall–Kier alpha value is -1.22. The van der Waals surface area contributed by atoms with E-state index in [1.807, 2.05) is 18.2 Å². The highest BCUT2D eigenvalue weighted by Gasteiger charge is 2.34. The first kappa shape index (κ1) is 11.8. The maximum absolute atomic E-state index is 10.2. The van der Waals surface area contributed by atoms with Crippen LogP contribution in [0.15, 0.2) is 18.2 Å². The van der Waals surface area contributed by atoms with Crippen molar-refractivity contribution >= 4 is 0 Å². The summed E-state index contributed by atoms with van der Waals surface area (Å²) in [4.78, 5) is 0. The van der Waals surface area contributed by atoms with Crippen molar-refractivity contribution in [3.8, 4) is 11.5 Å². The summed E-state index contributed by atoms with van der Waals surface area (Å²) < 4.78 is 11.3. The Balaban J connectivity index is 1.85. The monoisotopic (exact) mass is 248 g/mol. The topological polar surface area (TPSA) is 38.7 Å². The number of rotatable bonds is 2. The average molecular weight is 248 g/mol. The number of hydrogen-bond acceptors (Lipinski definition) is 3.